The monoisotopic (exact) mass is 564 g/mol. The summed E-state index contributed by atoms with van der Waals surface area (Å²) in [7, 11) is 0. The molecule has 1 aliphatic heterocycles. The van der Waals surface area contributed by atoms with Crippen LogP contribution in [0.2, 0.25) is 0 Å². The van der Waals surface area contributed by atoms with Crippen molar-refractivity contribution in [1.82, 2.24) is 0 Å². The molecule has 5 aliphatic rings. The molecule has 5 rings (SSSR count). The van der Waals surface area contributed by atoms with Gasteiger partial charge >= 0.3 is 0 Å². The van der Waals surface area contributed by atoms with E-state index in [4.69, 9.17) is 9.47 Å². The third-order valence-corrected chi connectivity index (χ3v) is 12.5. The Morgan fingerprint density at radius 3 is 2.38 bits per heavy atom. The molecule has 0 aromatic heterocycles. The zero-order chi connectivity index (χ0) is 29.0. The zero-order valence-electron chi connectivity index (χ0n) is 25.4. The molecule has 40 heavy (non-hydrogen) atoms. The van der Waals surface area contributed by atoms with Crippen LogP contribution in [0.4, 0.5) is 0 Å². The highest BCUT2D eigenvalue weighted by atomic mass is 16.7. The Hall–Kier alpha value is -0.540. The molecule has 4 aliphatic carbocycles. The Labute approximate surface area is 241 Å². The molecule has 5 N–H and O–H groups in total. The topological polar surface area (TPSA) is 120 Å². The summed E-state index contributed by atoms with van der Waals surface area (Å²) in [6.07, 6.45) is 6.47. The van der Waals surface area contributed by atoms with Crippen molar-refractivity contribution < 1.29 is 35.0 Å². The van der Waals surface area contributed by atoms with Gasteiger partial charge in [-0.1, -0.05) is 65.5 Å². The van der Waals surface area contributed by atoms with Gasteiger partial charge in [0.2, 0.25) is 0 Å². The fraction of sp³-hybridized carbons (Fsp3) is 0.939. The lowest BCUT2D eigenvalue weighted by molar-refractivity contribution is -0.313. The van der Waals surface area contributed by atoms with Crippen LogP contribution in [-0.2, 0) is 9.47 Å². The highest BCUT2D eigenvalue weighted by molar-refractivity contribution is 5.28. The summed E-state index contributed by atoms with van der Waals surface area (Å²) in [5.74, 6) is 3.59. The van der Waals surface area contributed by atoms with Crippen LogP contribution >= 0.6 is 0 Å². The van der Waals surface area contributed by atoms with E-state index < -0.39 is 43.4 Å². The molecule has 0 aromatic carbocycles. The highest BCUT2D eigenvalue weighted by Crippen LogP contribution is 2.67. The van der Waals surface area contributed by atoms with Crippen molar-refractivity contribution in [3.05, 3.63) is 11.6 Å². The second-order valence-corrected chi connectivity index (χ2v) is 15.1. The van der Waals surface area contributed by atoms with Gasteiger partial charge in [0.25, 0.3) is 0 Å². The van der Waals surface area contributed by atoms with E-state index in [9.17, 15) is 25.5 Å². The Kier molecular flexibility index (Phi) is 9.16. The Morgan fingerprint density at radius 2 is 1.68 bits per heavy atom. The van der Waals surface area contributed by atoms with Gasteiger partial charge in [0.05, 0.1) is 18.8 Å². The Balaban J connectivity index is 1.28. The lowest BCUT2D eigenvalue weighted by Crippen LogP contribution is -2.60. The van der Waals surface area contributed by atoms with Gasteiger partial charge in [-0.15, -0.1) is 0 Å². The van der Waals surface area contributed by atoms with Crippen LogP contribution in [0.5, 0.6) is 0 Å². The molecule has 0 bridgehead atoms. The standard InChI is InChI=1S/C33H56O7/c1-18(2)7-6-8-19(3)22-9-10-23-27-24(12-14-33(22,23)5)32(4)13-11-21(15-20(32)16-25(27)35)39-31-30(38)29(37)28(36)26(17-34)40-31/h16,18-19,21-31,34-38H,6-15,17H2,1-5H3/t19-,21?,22-,23?,24?,25-,26-,27?,28-,29+,30-,31+,32+,33-/m1/s1. The Morgan fingerprint density at radius 1 is 0.925 bits per heavy atom. The lowest BCUT2D eigenvalue weighted by atomic mass is 9.46. The van der Waals surface area contributed by atoms with E-state index in [1.54, 1.807) is 0 Å². The minimum Gasteiger partial charge on any atom is -0.394 e. The maximum absolute atomic E-state index is 11.7. The first kappa shape index (κ1) is 30.9. The van der Waals surface area contributed by atoms with Crippen LogP contribution in [0.15, 0.2) is 11.6 Å². The number of aliphatic hydroxyl groups is 5. The molecular formula is C33H56O7. The van der Waals surface area contributed by atoms with Gasteiger partial charge in [-0.25, -0.2) is 0 Å². The first-order valence-corrected chi connectivity index (χ1v) is 16.3. The van der Waals surface area contributed by atoms with E-state index >= 15 is 0 Å². The molecule has 1 saturated heterocycles. The van der Waals surface area contributed by atoms with E-state index in [-0.39, 0.29) is 11.5 Å². The smallest absolute Gasteiger partial charge is 0.186 e. The first-order valence-electron chi connectivity index (χ1n) is 16.3. The Bertz CT molecular complexity index is 905. The maximum atomic E-state index is 11.7. The fourth-order valence-corrected chi connectivity index (χ4v) is 10.1. The molecule has 14 atom stereocenters. The summed E-state index contributed by atoms with van der Waals surface area (Å²) in [5.41, 5.74) is 1.59. The lowest BCUT2D eigenvalue weighted by Gasteiger charge is -2.59. The third-order valence-electron chi connectivity index (χ3n) is 12.5. The molecule has 0 radical (unpaired) electrons. The number of rotatable bonds is 8. The van der Waals surface area contributed by atoms with Crippen molar-refractivity contribution in [2.45, 2.75) is 142 Å². The van der Waals surface area contributed by atoms with Gasteiger partial charge in [0.15, 0.2) is 6.29 Å². The van der Waals surface area contributed by atoms with Gasteiger partial charge in [-0.3, -0.25) is 0 Å². The number of aliphatic hydroxyl groups excluding tert-OH is 5. The van der Waals surface area contributed by atoms with Crippen molar-refractivity contribution in [2.24, 2.45) is 46.3 Å². The molecule has 4 unspecified atom stereocenters. The predicted molar refractivity (Wildman–Crippen MR) is 153 cm³/mol. The van der Waals surface area contributed by atoms with Gasteiger partial charge in [0, 0.05) is 0 Å². The average molecular weight is 565 g/mol. The van der Waals surface area contributed by atoms with Crippen molar-refractivity contribution >= 4 is 0 Å². The maximum Gasteiger partial charge on any atom is 0.186 e. The zero-order valence-corrected chi connectivity index (χ0v) is 25.4. The summed E-state index contributed by atoms with van der Waals surface area (Å²) >= 11 is 0. The second kappa shape index (κ2) is 11.9. The molecule has 4 fully saturated rings. The molecule has 1 heterocycles. The van der Waals surface area contributed by atoms with Crippen LogP contribution in [-0.4, -0.2) is 75.1 Å². The average Bonchev–Trinajstić information content (AvgIpc) is 3.26. The number of ether oxygens (including phenoxy) is 2. The summed E-state index contributed by atoms with van der Waals surface area (Å²) in [6, 6.07) is 0. The molecule has 230 valence electrons. The fourth-order valence-electron chi connectivity index (χ4n) is 10.1. The molecule has 0 amide bonds. The first-order chi connectivity index (χ1) is 18.9. The third kappa shape index (κ3) is 5.35. The summed E-state index contributed by atoms with van der Waals surface area (Å²) in [6.45, 7) is 11.6. The summed E-state index contributed by atoms with van der Waals surface area (Å²) < 4.78 is 11.8. The van der Waals surface area contributed by atoms with Crippen LogP contribution in [0.3, 0.4) is 0 Å². The predicted octanol–water partition coefficient (Wildman–Crippen LogP) is 4.18. The van der Waals surface area contributed by atoms with Gasteiger partial charge in [-0.2, -0.15) is 0 Å². The molecule has 3 saturated carbocycles. The molecule has 0 spiro atoms. The van der Waals surface area contributed by atoms with Crippen molar-refractivity contribution in [3.8, 4) is 0 Å². The number of hydrogen-bond acceptors (Lipinski definition) is 7. The van der Waals surface area contributed by atoms with Crippen LogP contribution in [0, 0.1) is 46.3 Å². The van der Waals surface area contributed by atoms with Crippen LogP contribution in [0.1, 0.15) is 98.8 Å². The van der Waals surface area contributed by atoms with Gasteiger partial charge in [0.1, 0.15) is 24.4 Å². The van der Waals surface area contributed by atoms with Crippen molar-refractivity contribution in [1.29, 1.82) is 0 Å². The normalized spacial score (nSPS) is 49.7. The van der Waals surface area contributed by atoms with E-state index in [2.05, 4.69) is 40.7 Å². The molecule has 0 aromatic rings. The molecule has 7 nitrogen and oxygen atoms in total. The quantitative estimate of drug-likeness (QED) is 0.281. The van der Waals surface area contributed by atoms with E-state index in [1.165, 1.54) is 44.1 Å². The van der Waals surface area contributed by atoms with Crippen molar-refractivity contribution in [2.75, 3.05) is 6.61 Å². The summed E-state index contributed by atoms with van der Waals surface area (Å²) in [5, 5.41) is 52.0. The SMILES string of the molecule is CC(C)CCC[C@@H](C)[C@H]1CCC2C3C(CC[C@@]21C)[C@@]1(C)CCC(O[C@H]2O[C@H](CO)[C@@H](O)[C@H](O)[C@H]2O)CC1=C[C@H]3O. The number of hydrogen-bond donors (Lipinski definition) is 5. The van der Waals surface area contributed by atoms with Crippen LogP contribution < -0.4 is 0 Å². The van der Waals surface area contributed by atoms with Gasteiger partial charge < -0.3 is 35.0 Å². The van der Waals surface area contributed by atoms with Crippen molar-refractivity contribution in [3.63, 3.8) is 0 Å². The molecule has 7 heteroatoms. The molecular weight excluding hydrogens is 508 g/mol. The minimum atomic E-state index is -1.44. The highest BCUT2D eigenvalue weighted by Gasteiger charge is 2.61. The minimum absolute atomic E-state index is 0.0292. The van der Waals surface area contributed by atoms with E-state index in [1.807, 2.05) is 0 Å². The second-order valence-electron chi connectivity index (χ2n) is 15.1. The number of fused-ring (bicyclic) bond motifs is 5. The summed E-state index contributed by atoms with van der Waals surface area (Å²) in [4.78, 5) is 0. The largest absolute Gasteiger partial charge is 0.394 e. The van der Waals surface area contributed by atoms with E-state index in [0.29, 0.717) is 29.6 Å². The van der Waals surface area contributed by atoms with Gasteiger partial charge in [-0.05, 0) is 91.3 Å². The van der Waals surface area contributed by atoms with E-state index in [0.717, 1.165) is 37.0 Å². The van der Waals surface area contributed by atoms with Crippen LogP contribution in [0.25, 0.3) is 0 Å².